The van der Waals surface area contributed by atoms with Crippen LogP contribution in [0.1, 0.15) is 46.0 Å². The summed E-state index contributed by atoms with van der Waals surface area (Å²) in [5, 5.41) is 2.57. The first-order valence-corrected chi connectivity index (χ1v) is 13.3. The van der Waals surface area contributed by atoms with E-state index >= 15 is 0 Å². The van der Waals surface area contributed by atoms with Crippen LogP contribution in [-0.4, -0.2) is 51.3 Å². The van der Waals surface area contributed by atoms with Gasteiger partial charge in [0.25, 0.3) is 0 Å². The van der Waals surface area contributed by atoms with Crippen molar-refractivity contribution in [2.45, 2.75) is 31.2 Å². The summed E-state index contributed by atoms with van der Waals surface area (Å²) in [4.78, 5) is 6.86. The fourth-order valence-electron chi connectivity index (χ4n) is 6.19. The van der Waals surface area contributed by atoms with E-state index in [1.807, 2.05) is 24.3 Å². The van der Waals surface area contributed by atoms with Gasteiger partial charge in [0, 0.05) is 17.7 Å². The smallest absolute Gasteiger partial charge is 0.231 e. The molecule has 8 nitrogen and oxygen atoms in total. The molecule has 3 aromatic carbocycles. The highest BCUT2D eigenvalue weighted by molar-refractivity contribution is 7.78. The van der Waals surface area contributed by atoms with E-state index in [4.69, 9.17) is 40.6 Å². The van der Waals surface area contributed by atoms with Crippen molar-refractivity contribution >= 4 is 17.4 Å². The number of aliphatic imine (C=N–C) groups is 1. The summed E-state index contributed by atoms with van der Waals surface area (Å²) in [6, 6.07) is 16.2. The molecule has 3 atom stereocenters. The van der Waals surface area contributed by atoms with E-state index in [0.29, 0.717) is 41.9 Å². The van der Waals surface area contributed by atoms with E-state index in [2.05, 4.69) is 39.3 Å². The molecule has 0 N–H and O–H groups in total. The topological polar surface area (TPSA) is 71.0 Å². The number of fused-ring (bicyclic) bond motifs is 3. The van der Waals surface area contributed by atoms with E-state index in [1.54, 1.807) is 21.3 Å². The number of isothiocyanates is 1. The molecule has 0 bridgehead atoms. The summed E-state index contributed by atoms with van der Waals surface area (Å²) >= 11 is 4.98. The van der Waals surface area contributed by atoms with Gasteiger partial charge in [-0.1, -0.05) is 36.4 Å². The van der Waals surface area contributed by atoms with Gasteiger partial charge in [0.2, 0.25) is 12.5 Å². The lowest BCUT2D eigenvalue weighted by molar-refractivity contribution is -0.0284. The van der Waals surface area contributed by atoms with Gasteiger partial charge in [-0.2, -0.15) is 0 Å². The average molecular weight is 547 g/mol. The molecular weight excluding hydrogens is 516 g/mol. The van der Waals surface area contributed by atoms with Gasteiger partial charge in [-0.3, -0.25) is 4.90 Å². The van der Waals surface area contributed by atoms with Gasteiger partial charge in [-0.25, -0.2) is 4.99 Å². The summed E-state index contributed by atoms with van der Waals surface area (Å²) in [6.07, 6.45) is 0.491. The summed E-state index contributed by atoms with van der Waals surface area (Å²) in [5.41, 5.74) is 5.38. The molecule has 0 radical (unpaired) electrons. The Morgan fingerprint density at radius 1 is 1.05 bits per heavy atom. The lowest BCUT2D eigenvalue weighted by Crippen LogP contribution is -2.42. The minimum absolute atomic E-state index is 0.0669. The number of hydrogen-bond donors (Lipinski definition) is 0. The molecule has 0 aliphatic carbocycles. The quantitative estimate of drug-likeness (QED) is 0.273. The van der Waals surface area contributed by atoms with Gasteiger partial charge in [-0.15, -0.1) is 0 Å². The van der Waals surface area contributed by atoms with Gasteiger partial charge in [0.05, 0.1) is 51.7 Å². The first-order valence-electron chi connectivity index (χ1n) is 12.9. The molecule has 9 heteroatoms. The van der Waals surface area contributed by atoms with E-state index in [1.165, 1.54) is 0 Å². The minimum atomic E-state index is -0.309. The molecule has 39 heavy (non-hydrogen) atoms. The second-order valence-electron chi connectivity index (χ2n) is 9.61. The maximum absolute atomic E-state index is 6.63. The maximum atomic E-state index is 6.63. The van der Waals surface area contributed by atoms with Crippen LogP contribution in [0.3, 0.4) is 0 Å². The Kier molecular flexibility index (Phi) is 7.14. The Morgan fingerprint density at radius 2 is 1.87 bits per heavy atom. The van der Waals surface area contributed by atoms with Crippen molar-refractivity contribution in [1.29, 1.82) is 0 Å². The average Bonchev–Trinajstić information content (AvgIpc) is 3.63. The summed E-state index contributed by atoms with van der Waals surface area (Å²) in [6.45, 7) is 1.81. The Labute approximate surface area is 233 Å². The predicted octanol–water partition coefficient (Wildman–Crippen LogP) is 5.46. The van der Waals surface area contributed by atoms with Crippen molar-refractivity contribution in [3.63, 3.8) is 0 Å². The molecule has 202 valence electrons. The Bertz CT molecular complexity index is 1420. The normalized spacial score (nSPS) is 20.0. The van der Waals surface area contributed by atoms with Crippen molar-refractivity contribution in [1.82, 2.24) is 4.90 Å². The van der Waals surface area contributed by atoms with E-state index < -0.39 is 0 Å². The van der Waals surface area contributed by atoms with Crippen LogP contribution in [-0.2, 0) is 17.8 Å². The molecule has 0 saturated carbocycles. The molecule has 1 unspecified atom stereocenters. The minimum Gasteiger partial charge on any atom is -0.493 e. The third-order valence-electron chi connectivity index (χ3n) is 7.84. The number of methoxy groups -OCH3 is 3. The van der Waals surface area contributed by atoms with Crippen LogP contribution in [0.2, 0.25) is 0 Å². The first kappa shape index (κ1) is 25.6. The maximum Gasteiger partial charge on any atom is 0.231 e. The zero-order valence-electron chi connectivity index (χ0n) is 22.1. The molecule has 3 aromatic rings. The third-order valence-corrected chi connectivity index (χ3v) is 7.97. The van der Waals surface area contributed by atoms with Gasteiger partial charge >= 0.3 is 0 Å². The molecule has 0 spiro atoms. The van der Waals surface area contributed by atoms with Crippen molar-refractivity contribution < 1.29 is 28.4 Å². The van der Waals surface area contributed by atoms with Crippen molar-refractivity contribution in [3.8, 4) is 28.7 Å². The highest BCUT2D eigenvalue weighted by Crippen LogP contribution is 2.57. The molecule has 0 amide bonds. The number of thiocarbonyl (C=S) groups is 1. The van der Waals surface area contributed by atoms with Crippen LogP contribution in [0, 0.1) is 0 Å². The van der Waals surface area contributed by atoms with Crippen molar-refractivity contribution in [2.75, 3.05) is 41.2 Å². The Balaban J connectivity index is 1.55. The monoisotopic (exact) mass is 546 g/mol. The molecule has 0 saturated heterocycles. The summed E-state index contributed by atoms with van der Waals surface area (Å²) in [7, 11) is 4.98. The fourth-order valence-corrected chi connectivity index (χ4v) is 6.26. The molecule has 3 aliphatic heterocycles. The van der Waals surface area contributed by atoms with Gasteiger partial charge in [0.1, 0.15) is 6.10 Å². The number of benzene rings is 3. The second-order valence-corrected chi connectivity index (χ2v) is 9.79. The lowest BCUT2D eigenvalue weighted by Gasteiger charge is -2.44. The zero-order valence-corrected chi connectivity index (χ0v) is 23.0. The van der Waals surface area contributed by atoms with E-state index in [0.717, 1.165) is 40.8 Å². The predicted molar refractivity (Wildman–Crippen MR) is 148 cm³/mol. The number of hydrogen-bond acceptors (Lipinski definition) is 9. The Hall–Kier alpha value is -3.62. The fraction of sp³-hybridized carbons (Fsp3) is 0.367. The lowest BCUT2D eigenvalue weighted by atomic mass is 9.83. The van der Waals surface area contributed by atoms with Crippen LogP contribution >= 0.6 is 12.2 Å². The first-order chi connectivity index (χ1) is 19.2. The molecular formula is C30H30N2O6S. The highest BCUT2D eigenvalue weighted by Gasteiger charge is 2.46. The third kappa shape index (κ3) is 4.32. The highest BCUT2D eigenvalue weighted by atomic mass is 32.1. The van der Waals surface area contributed by atoms with E-state index in [9.17, 15) is 0 Å². The number of ether oxygens (including phenoxy) is 6. The number of rotatable bonds is 8. The van der Waals surface area contributed by atoms with Gasteiger partial charge in [0.15, 0.2) is 23.0 Å². The van der Waals surface area contributed by atoms with E-state index in [-0.39, 0.29) is 25.0 Å². The SMILES string of the molecule is COc1ccc2c(c1OC)CO[C@@H]2[C@H]1c2c(cc3c(c2OC)OCO3)CCN1C(CN=C=S)c1ccccc1. The molecule has 3 aliphatic rings. The van der Waals surface area contributed by atoms with Crippen molar-refractivity contribution in [3.05, 3.63) is 76.3 Å². The molecule has 3 heterocycles. The Morgan fingerprint density at radius 3 is 2.62 bits per heavy atom. The van der Waals surface area contributed by atoms with Gasteiger partial charge < -0.3 is 28.4 Å². The number of nitrogens with zero attached hydrogens (tertiary/aromatic N) is 2. The van der Waals surface area contributed by atoms with Crippen LogP contribution in [0.15, 0.2) is 53.5 Å². The van der Waals surface area contributed by atoms with Crippen molar-refractivity contribution in [2.24, 2.45) is 4.99 Å². The standard InChI is InChI=1S/C30H30N2O6S/c1-33-23-10-9-20-21(27(23)34-2)15-36-28(20)26-25-19(13-24-29(30(25)35-3)38-17-37-24)11-12-32(26)22(14-31-16-39)18-7-5-4-6-8-18/h4-10,13,22,26,28H,11-12,14-15,17H2,1-3H3/t22?,26-,28+/m1/s1. The van der Waals surface area contributed by atoms with Crippen LogP contribution < -0.4 is 23.7 Å². The van der Waals surface area contributed by atoms with Crippen LogP contribution in [0.25, 0.3) is 0 Å². The summed E-state index contributed by atoms with van der Waals surface area (Å²) < 4.78 is 35.7. The molecule has 6 rings (SSSR count). The molecule has 0 fully saturated rings. The van der Waals surface area contributed by atoms with Gasteiger partial charge in [-0.05, 0) is 47.5 Å². The van der Waals surface area contributed by atoms with Crippen LogP contribution in [0.4, 0.5) is 0 Å². The summed E-state index contributed by atoms with van der Waals surface area (Å²) in [5.74, 6) is 3.39. The largest absolute Gasteiger partial charge is 0.493 e. The zero-order chi connectivity index (χ0) is 26.9. The molecule has 0 aromatic heterocycles. The second kappa shape index (κ2) is 10.9. The van der Waals surface area contributed by atoms with Crippen LogP contribution in [0.5, 0.6) is 28.7 Å².